The molecule has 2 nitrogen and oxygen atoms in total. The van der Waals surface area contributed by atoms with Gasteiger partial charge in [0.2, 0.25) is 0 Å². The highest BCUT2D eigenvalue weighted by molar-refractivity contribution is 14.1. The lowest BCUT2D eigenvalue weighted by Gasteiger charge is -2.44. The molecule has 0 saturated carbocycles. The topological polar surface area (TPSA) is 23.5 Å². The van der Waals surface area contributed by atoms with Crippen LogP contribution in [0.4, 0.5) is 0 Å². The van der Waals surface area contributed by atoms with Gasteiger partial charge in [0.05, 0.1) is 6.10 Å². The Labute approximate surface area is 130 Å². The van der Waals surface area contributed by atoms with Gasteiger partial charge in [-0.25, -0.2) is 0 Å². The first-order chi connectivity index (χ1) is 9.00. The summed E-state index contributed by atoms with van der Waals surface area (Å²) in [5.74, 6) is 0. The summed E-state index contributed by atoms with van der Waals surface area (Å²) in [6.45, 7) is 6.60. The van der Waals surface area contributed by atoms with E-state index in [0.29, 0.717) is 0 Å². The van der Waals surface area contributed by atoms with Gasteiger partial charge < -0.3 is 5.11 Å². The van der Waals surface area contributed by atoms with Crippen LogP contribution in [-0.4, -0.2) is 34.7 Å². The monoisotopic (exact) mass is 373 g/mol. The molecule has 19 heavy (non-hydrogen) atoms. The number of hydrogen-bond acceptors (Lipinski definition) is 2. The molecule has 2 rings (SSSR count). The van der Waals surface area contributed by atoms with Crippen molar-refractivity contribution in [1.29, 1.82) is 0 Å². The SMILES string of the molecule is CC(C)(C(O)Cc1ccc(I)cc1)N1CCCCC1. The molecule has 0 radical (unpaired) electrons. The van der Waals surface area contributed by atoms with E-state index in [1.165, 1.54) is 28.4 Å². The number of likely N-dealkylation sites (tertiary alicyclic amines) is 1. The van der Waals surface area contributed by atoms with Gasteiger partial charge in [0, 0.05) is 15.5 Å². The van der Waals surface area contributed by atoms with Crippen LogP contribution in [0.3, 0.4) is 0 Å². The molecule has 1 aliphatic rings. The highest BCUT2D eigenvalue weighted by Crippen LogP contribution is 2.26. The smallest absolute Gasteiger partial charge is 0.0758 e. The predicted octanol–water partition coefficient (Wildman–Crippen LogP) is 3.46. The highest BCUT2D eigenvalue weighted by Gasteiger charge is 2.34. The maximum atomic E-state index is 10.6. The molecule has 1 atom stereocenters. The van der Waals surface area contributed by atoms with E-state index in [1.807, 2.05) is 0 Å². The summed E-state index contributed by atoms with van der Waals surface area (Å²) in [6, 6.07) is 8.46. The summed E-state index contributed by atoms with van der Waals surface area (Å²) < 4.78 is 1.24. The highest BCUT2D eigenvalue weighted by atomic mass is 127. The fourth-order valence-corrected chi connectivity index (χ4v) is 3.13. The molecule has 0 aliphatic carbocycles. The van der Waals surface area contributed by atoms with Gasteiger partial charge in [-0.15, -0.1) is 0 Å². The van der Waals surface area contributed by atoms with Crippen molar-refractivity contribution in [2.24, 2.45) is 0 Å². The summed E-state index contributed by atoms with van der Waals surface area (Å²) in [7, 11) is 0. The number of benzene rings is 1. The number of nitrogens with zero attached hydrogens (tertiary/aromatic N) is 1. The van der Waals surface area contributed by atoms with Crippen LogP contribution in [0.2, 0.25) is 0 Å². The molecule has 1 heterocycles. The van der Waals surface area contributed by atoms with E-state index in [4.69, 9.17) is 0 Å². The second kappa shape index (κ2) is 6.55. The number of halogens is 1. The van der Waals surface area contributed by atoms with E-state index >= 15 is 0 Å². The van der Waals surface area contributed by atoms with Gasteiger partial charge in [-0.2, -0.15) is 0 Å². The second-order valence-electron chi connectivity index (χ2n) is 6.05. The standard InChI is InChI=1S/C16H24INO/c1-16(2,18-10-4-3-5-11-18)15(19)12-13-6-8-14(17)9-7-13/h6-9,15,19H,3-5,10-12H2,1-2H3. The van der Waals surface area contributed by atoms with Crippen LogP contribution >= 0.6 is 22.6 Å². The molecule has 1 aromatic carbocycles. The molecule has 0 aromatic heterocycles. The third-order valence-corrected chi connectivity index (χ3v) is 5.05. The van der Waals surface area contributed by atoms with E-state index in [1.54, 1.807) is 0 Å². The zero-order valence-electron chi connectivity index (χ0n) is 11.9. The molecule has 1 aliphatic heterocycles. The molecule has 106 valence electrons. The van der Waals surface area contributed by atoms with Crippen molar-refractivity contribution in [2.75, 3.05) is 13.1 Å². The summed E-state index contributed by atoms with van der Waals surface area (Å²) in [5.41, 5.74) is 1.08. The quantitative estimate of drug-likeness (QED) is 0.818. The van der Waals surface area contributed by atoms with Crippen molar-refractivity contribution in [3.05, 3.63) is 33.4 Å². The maximum Gasteiger partial charge on any atom is 0.0758 e. The van der Waals surface area contributed by atoms with Crippen LogP contribution in [0.1, 0.15) is 38.7 Å². The van der Waals surface area contributed by atoms with Gasteiger partial charge in [-0.3, -0.25) is 4.90 Å². The first kappa shape index (κ1) is 15.3. The Morgan fingerprint density at radius 2 is 1.74 bits per heavy atom. The predicted molar refractivity (Wildman–Crippen MR) is 88.4 cm³/mol. The van der Waals surface area contributed by atoms with Crippen molar-refractivity contribution in [1.82, 2.24) is 4.90 Å². The van der Waals surface area contributed by atoms with Crippen LogP contribution in [0.5, 0.6) is 0 Å². The second-order valence-corrected chi connectivity index (χ2v) is 7.29. The molecule has 1 saturated heterocycles. The Hall–Kier alpha value is -0.130. The van der Waals surface area contributed by atoms with Gasteiger partial charge in [0.15, 0.2) is 0 Å². The number of aliphatic hydroxyl groups is 1. The zero-order chi connectivity index (χ0) is 13.9. The lowest BCUT2D eigenvalue weighted by atomic mass is 9.88. The maximum absolute atomic E-state index is 10.6. The van der Waals surface area contributed by atoms with Crippen molar-refractivity contribution in [3.63, 3.8) is 0 Å². The van der Waals surface area contributed by atoms with Gasteiger partial charge in [-0.05, 0) is 80.1 Å². The van der Waals surface area contributed by atoms with Crippen molar-refractivity contribution in [3.8, 4) is 0 Å². The van der Waals surface area contributed by atoms with E-state index in [2.05, 4.69) is 65.6 Å². The van der Waals surface area contributed by atoms with Crippen molar-refractivity contribution < 1.29 is 5.11 Å². The normalized spacial score (nSPS) is 19.4. The molecule has 3 heteroatoms. The van der Waals surface area contributed by atoms with E-state index in [-0.39, 0.29) is 11.6 Å². The Kier molecular flexibility index (Phi) is 5.26. The lowest BCUT2D eigenvalue weighted by Crippen LogP contribution is -2.54. The lowest BCUT2D eigenvalue weighted by molar-refractivity contribution is -0.0187. The molecule has 0 amide bonds. The minimum Gasteiger partial charge on any atom is -0.391 e. The van der Waals surface area contributed by atoms with Gasteiger partial charge in [-0.1, -0.05) is 18.6 Å². The third kappa shape index (κ3) is 3.92. The molecule has 1 fully saturated rings. The minimum absolute atomic E-state index is 0.135. The molecule has 0 spiro atoms. The summed E-state index contributed by atoms with van der Waals surface area (Å²) in [6.07, 6.45) is 4.28. The average Bonchev–Trinajstić information content (AvgIpc) is 2.42. The summed E-state index contributed by atoms with van der Waals surface area (Å²) >= 11 is 2.31. The van der Waals surface area contributed by atoms with Crippen LogP contribution < -0.4 is 0 Å². The molecule has 1 unspecified atom stereocenters. The Bertz CT molecular complexity index is 396. The van der Waals surface area contributed by atoms with E-state index in [0.717, 1.165) is 19.5 Å². The van der Waals surface area contributed by atoms with Crippen molar-refractivity contribution >= 4 is 22.6 Å². The summed E-state index contributed by atoms with van der Waals surface area (Å²) in [5, 5.41) is 10.6. The zero-order valence-corrected chi connectivity index (χ0v) is 14.1. The third-order valence-electron chi connectivity index (χ3n) is 4.33. The minimum atomic E-state index is -0.314. The first-order valence-electron chi connectivity index (χ1n) is 7.18. The van der Waals surface area contributed by atoms with Gasteiger partial charge in [0.25, 0.3) is 0 Å². The van der Waals surface area contributed by atoms with Gasteiger partial charge in [0.1, 0.15) is 0 Å². The van der Waals surface area contributed by atoms with E-state index < -0.39 is 0 Å². The number of hydrogen-bond donors (Lipinski definition) is 1. The molecule has 1 N–H and O–H groups in total. The number of piperidine rings is 1. The largest absolute Gasteiger partial charge is 0.391 e. The average molecular weight is 373 g/mol. The fourth-order valence-electron chi connectivity index (χ4n) is 2.77. The van der Waals surface area contributed by atoms with Crippen molar-refractivity contribution in [2.45, 2.75) is 51.2 Å². The molecular weight excluding hydrogens is 349 g/mol. The van der Waals surface area contributed by atoms with Crippen LogP contribution in [0, 0.1) is 3.57 Å². The summed E-state index contributed by atoms with van der Waals surface area (Å²) in [4.78, 5) is 2.45. The number of rotatable bonds is 4. The molecule has 0 bridgehead atoms. The van der Waals surface area contributed by atoms with Gasteiger partial charge >= 0.3 is 0 Å². The Balaban J connectivity index is 2.00. The number of aliphatic hydroxyl groups excluding tert-OH is 1. The first-order valence-corrected chi connectivity index (χ1v) is 8.25. The van der Waals surface area contributed by atoms with Crippen LogP contribution in [-0.2, 0) is 6.42 Å². The Morgan fingerprint density at radius 1 is 1.16 bits per heavy atom. The molecular formula is C16H24INO. The van der Waals surface area contributed by atoms with Crippen LogP contribution in [0.25, 0.3) is 0 Å². The molecule has 1 aromatic rings. The van der Waals surface area contributed by atoms with E-state index in [9.17, 15) is 5.11 Å². The van der Waals surface area contributed by atoms with Crippen LogP contribution in [0.15, 0.2) is 24.3 Å². The fraction of sp³-hybridized carbons (Fsp3) is 0.625. The Morgan fingerprint density at radius 3 is 2.32 bits per heavy atom.